The number of anilines is 1. The summed E-state index contributed by atoms with van der Waals surface area (Å²) in [4.78, 5) is 36.7. The molecule has 0 aromatic heterocycles. The van der Waals surface area contributed by atoms with Crippen molar-refractivity contribution in [2.75, 3.05) is 18.5 Å². The molecule has 0 spiro atoms. The van der Waals surface area contributed by atoms with Crippen LogP contribution in [0.3, 0.4) is 0 Å². The maximum absolute atomic E-state index is 14.1. The van der Waals surface area contributed by atoms with Crippen molar-refractivity contribution in [2.45, 2.75) is 37.5 Å². The number of nitrogens with one attached hydrogen (secondary N) is 2. The summed E-state index contributed by atoms with van der Waals surface area (Å²) in [6.45, 7) is 1.34. The second-order valence-electron chi connectivity index (χ2n) is 7.54. The first-order valence-electron chi connectivity index (χ1n) is 10.9. The highest BCUT2D eigenvalue weighted by Gasteiger charge is 2.66. The molecule has 39 heavy (non-hydrogen) atoms. The number of aliphatic hydroxyl groups is 1. The van der Waals surface area contributed by atoms with Crippen LogP contribution in [0.25, 0.3) is 0 Å². The van der Waals surface area contributed by atoms with Crippen LogP contribution in [0.2, 0.25) is 0 Å². The van der Waals surface area contributed by atoms with Gasteiger partial charge >= 0.3 is 36.0 Å². The van der Waals surface area contributed by atoms with Gasteiger partial charge in [-0.05, 0) is 50.2 Å². The van der Waals surface area contributed by atoms with Gasteiger partial charge in [0.2, 0.25) is 0 Å². The highest BCUT2D eigenvalue weighted by atomic mass is 19.4. The van der Waals surface area contributed by atoms with Gasteiger partial charge in [0.1, 0.15) is 11.6 Å². The van der Waals surface area contributed by atoms with E-state index >= 15 is 0 Å². The van der Waals surface area contributed by atoms with E-state index in [1.165, 1.54) is 19.2 Å². The average Bonchev–Trinajstić information content (AvgIpc) is 2.83. The molecule has 0 bridgehead atoms. The molecule has 0 aliphatic carbocycles. The molecular weight excluding hydrogens is 549 g/mol. The molecule has 2 aromatic carbocycles. The molecule has 0 saturated carbocycles. The minimum Gasteiger partial charge on any atom is -0.463 e. The van der Waals surface area contributed by atoms with Crippen molar-refractivity contribution in [3.8, 4) is 5.75 Å². The number of hydrogen-bond acceptors (Lipinski definition) is 7. The Bertz CT molecular complexity index is 1170. The lowest BCUT2D eigenvalue weighted by Gasteiger charge is -2.34. The van der Waals surface area contributed by atoms with E-state index in [1.807, 2.05) is 5.32 Å². The Labute approximate surface area is 215 Å². The summed E-state index contributed by atoms with van der Waals surface area (Å²) in [5, 5.41) is 13.2. The summed E-state index contributed by atoms with van der Waals surface area (Å²) in [7, 11) is 0. The van der Waals surface area contributed by atoms with Crippen molar-refractivity contribution in [1.29, 1.82) is 0 Å². The van der Waals surface area contributed by atoms with E-state index in [4.69, 9.17) is 4.74 Å². The number of esters is 2. The molecule has 0 aliphatic rings. The monoisotopic (exact) mass is 570 g/mol. The smallest absolute Gasteiger partial charge is 0.460 e. The molecule has 9 nitrogen and oxygen atoms in total. The average molecular weight is 570 g/mol. The lowest BCUT2D eigenvalue weighted by atomic mass is 9.93. The molecule has 3 N–H and O–H groups in total. The number of carbonyl (C=O) groups excluding carboxylic acids is 3. The van der Waals surface area contributed by atoms with E-state index in [9.17, 15) is 50.2 Å². The van der Waals surface area contributed by atoms with Gasteiger partial charge in [0.05, 0.1) is 13.2 Å². The number of carbonyl (C=O) groups is 3. The van der Waals surface area contributed by atoms with Crippen LogP contribution in [0.1, 0.15) is 19.4 Å². The van der Waals surface area contributed by atoms with Gasteiger partial charge in [-0.25, -0.2) is 18.8 Å². The maximum atomic E-state index is 14.1. The third kappa shape index (κ3) is 6.68. The molecule has 0 aliphatic heterocycles. The zero-order valence-corrected chi connectivity index (χ0v) is 20.1. The van der Waals surface area contributed by atoms with Crippen molar-refractivity contribution in [3.63, 3.8) is 0 Å². The van der Waals surface area contributed by atoms with Crippen molar-refractivity contribution in [1.82, 2.24) is 5.32 Å². The molecule has 2 amide bonds. The Hall–Kier alpha value is -4.08. The Kier molecular flexibility index (Phi) is 9.39. The maximum Gasteiger partial charge on any atom is 0.460 e. The van der Waals surface area contributed by atoms with Crippen molar-refractivity contribution >= 4 is 23.7 Å². The topological polar surface area (TPSA) is 123 Å². The van der Waals surface area contributed by atoms with Crippen LogP contribution < -0.4 is 15.4 Å². The molecule has 2 unspecified atom stereocenters. The van der Waals surface area contributed by atoms with E-state index in [1.54, 1.807) is 0 Å². The molecule has 2 rings (SSSR count). The van der Waals surface area contributed by atoms with E-state index in [0.29, 0.717) is 12.1 Å². The quantitative estimate of drug-likeness (QED) is 0.235. The fraction of sp³-hybridized carbons (Fsp3) is 0.348. The molecular formula is C23H21F7N2O7. The second kappa shape index (κ2) is 11.8. The minimum absolute atomic E-state index is 0.425. The highest BCUT2D eigenvalue weighted by Crippen LogP contribution is 2.40. The van der Waals surface area contributed by atoms with Crippen molar-refractivity contribution in [2.24, 2.45) is 0 Å². The summed E-state index contributed by atoms with van der Waals surface area (Å²) in [5.74, 6) is -5.64. The molecule has 0 radical (unpaired) electrons. The lowest BCUT2D eigenvalue weighted by molar-refractivity contribution is -0.268. The number of ether oxygens (including phenoxy) is 3. The third-order valence-electron chi connectivity index (χ3n) is 4.88. The van der Waals surface area contributed by atoms with Gasteiger partial charge in [-0.3, -0.25) is 5.32 Å². The SMILES string of the molecule is CCOC(=O)C(NC(=O)Nc1ccc(C(O)(C(=O)OCC)C(F)(F)F)cc1)(Oc1ccc(F)cc1)C(F)(F)F. The third-order valence-corrected chi connectivity index (χ3v) is 4.88. The van der Waals surface area contributed by atoms with E-state index in [2.05, 4.69) is 9.47 Å². The number of rotatable bonds is 9. The van der Waals surface area contributed by atoms with Crippen LogP contribution in [0.5, 0.6) is 5.75 Å². The first kappa shape index (κ1) is 31.1. The molecule has 2 atom stereocenters. The summed E-state index contributed by atoms with van der Waals surface area (Å²) in [6, 6.07) is 3.80. The molecule has 0 saturated heterocycles. The van der Waals surface area contributed by atoms with E-state index in [-0.39, 0.29) is 0 Å². The van der Waals surface area contributed by atoms with Gasteiger partial charge in [0, 0.05) is 11.3 Å². The van der Waals surface area contributed by atoms with Gasteiger partial charge in [0.25, 0.3) is 5.60 Å². The molecule has 214 valence electrons. The van der Waals surface area contributed by atoms with E-state index in [0.717, 1.165) is 36.4 Å². The second-order valence-corrected chi connectivity index (χ2v) is 7.54. The van der Waals surface area contributed by atoms with Gasteiger partial charge in [-0.15, -0.1) is 0 Å². The predicted molar refractivity (Wildman–Crippen MR) is 118 cm³/mol. The summed E-state index contributed by atoms with van der Waals surface area (Å²) >= 11 is 0. The summed E-state index contributed by atoms with van der Waals surface area (Å²) in [5.41, 5.74) is -9.66. The molecule has 2 aromatic rings. The zero-order valence-electron chi connectivity index (χ0n) is 20.1. The van der Waals surface area contributed by atoms with Gasteiger partial charge < -0.3 is 24.6 Å². The fourth-order valence-corrected chi connectivity index (χ4v) is 3.02. The largest absolute Gasteiger partial charge is 0.463 e. The Morgan fingerprint density at radius 1 is 0.795 bits per heavy atom. The Morgan fingerprint density at radius 2 is 1.31 bits per heavy atom. The van der Waals surface area contributed by atoms with Crippen LogP contribution in [0.4, 0.5) is 41.2 Å². The Morgan fingerprint density at radius 3 is 1.77 bits per heavy atom. The van der Waals surface area contributed by atoms with E-state index < -0.39 is 77.7 Å². The van der Waals surface area contributed by atoms with Crippen molar-refractivity contribution in [3.05, 3.63) is 59.9 Å². The molecule has 16 heteroatoms. The number of alkyl halides is 6. The van der Waals surface area contributed by atoms with Gasteiger partial charge in [-0.2, -0.15) is 26.3 Å². The minimum atomic E-state index is -5.64. The van der Waals surface area contributed by atoms with Gasteiger partial charge in [0.15, 0.2) is 0 Å². The molecule has 0 fully saturated rings. The number of amides is 2. The van der Waals surface area contributed by atoms with Crippen LogP contribution in [-0.2, 0) is 24.7 Å². The summed E-state index contributed by atoms with van der Waals surface area (Å²) in [6.07, 6.45) is -11.2. The molecule has 0 heterocycles. The van der Waals surface area contributed by atoms with Crippen LogP contribution in [-0.4, -0.2) is 54.4 Å². The number of hydrogen-bond donors (Lipinski definition) is 3. The summed E-state index contributed by atoms with van der Waals surface area (Å²) < 4.78 is 110. The number of benzene rings is 2. The first-order chi connectivity index (χ1) is 18.0. The van der Waals surface area contributed by atoms with Gasteiger partial charge in [-0.1, -0.05) is 12.1 Å². The normalized spacial score (nSPS) is 14.8. The number of halogens is 7. The lowest BCUT2D eigenvalue weighted by Crippen LogP contribution is -2.69. The predicted octanol–water partition coefficient (Wildman–Crippen LogP) is 4.16. The fourth-order valence-electron chi connectivity index (χ4n) is 3.02. The highest BCUT2D eigenvalue weighted by molar-refractivity contribution is 5.94. The standard InChI is InChI=1S/C23H21F7N2O7/c1-3-37-17(33)20(36,22(25,26)27)13-5-9-15(10-6-13)31-19(35)32-21(23(28,29)30,18(34)38-4-2)39-16-11-7-14(24)8-12-16/h5-12,36H,3-4H2,1-2H3,(H2,31,32,35). The number of urea groups is 1. The van der Waals surface area contributed by atoms with Crippen LogP contribution in [0, 0.1) is 5.82 Å². The first-order valence-corrected chi connectivity index (χ1v) is 10.9. The zero-order chi connectivity index (χ0) is 29.6. The van der Waals surface area contributed by atoms with Crippen molar-refractivity contribution < 1.29 is 64.4 Å². The van der Waals surface area contributed by atoms with Crippen LogP contribution >= 0.6 is 0 Å². The Balaban J connectivity index is 2.38. The van der Waals surface area contributed by atoms with Crippen LogP contribution in [0.15, 0.2) is 48.5 Å².